The minimum atomic E-state index is -1.50. The van der Waals surface area contributed by atoms with E-state index in [9.17, 15) is 38.4 Å². The molecule has 5 aromatic carbocycles. The zero-order chi connectivity index (χ0) is 72.0. The molecule has 6 amide bonds. The van der Waals surface area contributed by atoms with Gasteiger partial charge in [-0.2, -0.15) is 0 Å². The van der Waals surface area contributed by atoms with Gasteiger partial charge in [0.05, 0.1) is 0 Å². The number of nitrogens with zero attached hydrogens (tertiary/aromatic N) is 2. The van der Waals surface area contributed by atoms with Crippen LogP contribution in [0, 0.1) is 0 Å². The van der Waals surface area contributed by atoms with Crippen molar-refractivity contribution < 1.29 is 86.0 Å². The molecule has 0 radical (unpaired) electrons. The first-order valence-corrected chi connectivity index (χ1v) is 32.9. The molecule has 0 aromatic heterocycles. The van der Waals surface area contributed by atoms with E-state index in [1.54, 1.807) is 173 Å². The van der Waals surface area contributed by atoms with Crippen molar-refractivity contribution in [3.8, 4) is 0 Å². The van der Waals surface area contributed by atoms with E-state index < -0.39 is 128 Å². The highest BCUT2D eigenvalue weighted by Gasteiger charge is 2.46. The molecule has 0 fully saturated rings. The summed E-state index contributed by atoms with van der Waals surface area (Å²) in [6.07, 6.45) is -2.18. The first-order chi connectivity index (χ1) is 44.0. The van der Waals surface area contributed by atoms with Crippen LogP contribution in [0.4, 0.5) is 0 Å². The van der Waals surface area contributed by atoms with E-state index in [1.165, 1.54) is 13.8 Å². The van der Waals surface area contributed by atoms with E-state index in [-0.39, 0.29) is 99.3 Å². The van der Waals surface area contributed by atoms with Gasteiger partial charge in [0.1, 0.15) is 45.7 Å². The van der Waals surface area contributed by atoms with Gasteiger partial charge in [-0.1, -0.05) is 24.3 Å². The third-order valence-electron chi connectivity index (χ3n) is 16.4. The smallest absolute Gasteiger partial charge is 0.306 e. The molecular formula is C74H96N4O18. The van der Waals surface area contributed by atoms with Crippen LogP contribution in [0.15, 0.2) is 48.5 Å². The Bertz CT molecular complexity index is 3420. The molecule has 0 unspecified atom stereocenters. The van der Waals surface area contributed by atoms with Crippen molar-refractivity contribution in [2.45, 2.75) is 272 Å². The van der Waals surface area contributed by atoms with Gasteiger partial charge in [0.15, 0.2) is 0 Å². The lowest BCUT2D eigenvalue weighted by molar-refractivity contribution is -0.158. The maximum atomic E-state index is 15.0. The van der Waals surface area contributed by atoms with Crippen molar-refractivity contribution in [2.24, 2.45) is 0 Å². The summed E-state index contributed by atoms with van der Waals surface area (Å²) < 4.78 is 33.8. The monoisotopic (exact) mass is 1330 g/mol. The zero-order valence-corrected chi connectivity index (χ0v) is 59.5. The molecule has 2 N–H and O–H groups in total. The fourth-order valence-electron chi connectivity index (χ4n) is 12.5. The van der Waals surface area contributed by atoms with E-state index in [4.69, 9.17) is 28.4 Å². The number of esters is 6. The summed E-state index contributed by atoms with van der Waals surface area (Å²) in [4.78, 5) is 172. The number of amides is 6. The Morgan fingerprint density at radius 3 is 0.656 bits per heavy atom. The van der Waals surface area contributed by atoms with Gasteiger partial charge in [-0.05, 0) is 234 Å². The SMILES string of the molecule is C[C@H](C(=O)NC(CCC(=O)OC(C)(C)C)(CCC(=O)OC(C)(C)C)CCC(=O)OC(C)(C)C)N1C(=O)c2ccc3c4ccc5c6c(ccc(c7ccc(c2c37)C1=O)c64)C(=O)N([C@H](C)C(=O)NC(CCC(=O)OC(C)(C)C)(CCC(=O)OC(C)(C)C)CCC(=O)OC(C)(C)C)C5=O. The number of carbonyl (C=O) groups is 12. The second-order valence-electron chi connectivity index (χ2n) is 31.5. The number of hydrogen-bond acceptors (Lipinski definition) is 18. The molecule has 0 saturated carbocycles. The van der Waals surface area contributed by atoms with Gasteiger partial charge in [-0.15, -0.1) is 0 Å². The number of benzene rings is 5. The number of fused-ring (bicyclic) bond motifs is 2. The molecule has 2 heterocycles. The van der Waals surface area contributed by atoms with Crippen LogP contribution >= 0.6 is 0 Å². The average molecular weight is 1330 g/mol. The molecule has 520 valence electrons. The van der Waals surface area contributed by atoms with Crippen molar-refractivity contribution in [1.29, 1.82) is 0 Å². The molecule has 5 aromatic rings. The third-order valence-corrected chi connectivity index (χ3v) is 16.4. The summed E-state index contributed by atoms with van der Waals surface area (Å²) in [5.41, 5.74) is -7.76. The molecule has 0 saturated heterocycles. The normalized spacial score (nSPS) is 14.8. The van der Waals surface area contributed by atoms with Gasteiger partial charge >= 0.3 is 35.8 Å². The van der Waals surface area contributed by atoms with Gasteiger partial charge < -0.3 is 39.1 Å². The van der Waals surface area contributed by atoms with E-state index in [2.05, 4.69) is 10.6 Å². The standard InChI is InChI=1S/C74H96N4O18/c1-41(61(85)75-73(35-29-51(79)91-67(3,4)5,36-30-52(80)92-68(6,7)8)37-31-53(81)93-69(9,10)11)77-63(87)47-25-21-43-45-23-27-49-60-50(28-24-46(58(45)60)44-22-26-48(64(77)88)59(47)57(43)44)66(90)78(65(49)89)42(2)62(86)76-74(38-32-54(82)94-70(12,13)14,39-33-55(83)95-71(15,16)17)40-34-56(84)96-72(18,19)20/h21-28,41-42H,29-40H2,1-20H3,(H,75,85)(H,76,86)/t41-,42-/m1/s1. The van der Waals surface area contributed by atoms with Crippen LogP contribution in [-0.2, 0) is 66.8 Å². The second-order valence-corrected chi connectivity index (χ2v) is 31.5. The molecule has 2 aliphatic heterocycles. The topological polar surface area (TPSA) is 291 Å². The molecule has 0 spiro atoms. The summed E-state index contributed by atoms with van der Waals surface area (Å²) in [5, 5.41) is 9.95. The predicted octanol–water partition coefficient (Wildman–Crippen LogP) is 12.1. The minimum Gasteiger partial charge on any atom is -0.460 e. The molecule has 22 heteroatoms. The van der Waals surface area contributed by atoms with E-state index >= 15 is 19.2 Å². The molecule has 96 heavy (non-hydrogen) atoms. The quantitative estimate of drug-likeness (QED) is 0.0191. The van der Waals surface area contributed by atoms with Crippen molar-refractivity contribution in [3.63, 3.8) is 0 Å². The Morgan fingerprint density at radius 1 is 0.312 bits per heavy atom. The van der Waals surface area contributed by atoms with Crippen LogP contribution in [0.2, 0.25) is 0 Å². The van der Waals surface area contributed by atoms with Crippen molar-refractivity contribution >= 4 is 114 Å². The van der Waals surface area contributed by atoms with Crippen molar-refractivity contribution in [2.75, 3.05) is 0 Å². The number of nitrogens with one attached hydrogen (secondary N) is 2. The molecule has 0 bridgehead atoms. The summed E-state index contributed by atoms with van der Waals surface area (Å²) >= 11 is 0. The van der Waals surface area contributed by atoms with Crippen LogP contribution in [-0.4, -0.2) is 138 Å². The maximum Gasteiger partial charge on any atom is 0.306 e. The Kier molecular flexibility index (Phi) is 21.4. The summed E-state index contributed by atoms with van der Waals surface area (Å²) in [6.45, 7) is 33.4. The van der Waals surface area contributed by atoms with E-state index in [0.29, 0.717) is 43.1 Å². The Labute approximate surface area is 561 Å². The summed E-state index contributed by atoms with van der Waals surface area (Å²) in [6, 6.07) is 10.0. The molecule has 2 atom stereocenters. The maximum absolute atomic E-state index is 15.0. The van der Waals surface area contributed by atoms with Gasteiger partial charge in [0.2, 0.25) is 11.8 Å². The lowest BCUT2D eigenvalue weighted by Gasteiger charge is -2.38. The second kappa shape index (κ2) is 27.5. The third kappa shape index (κ3) is 18.1. The highest BCUT2D eigenvalue weighted by atomic mass is 16.6. The van der Waals surface area contributed by atoms with Crippen molar-refractivity contribution in [3.05, 3.63) is 70.8 Å². The van der Waals surface area contributed by atoms with E-state index in [1.807, 2.05) is 0 Å². The van der Waals surface area contributed by atoms with Gasteiger partial charge in [0, 0.05) is 82.6 Å². The lowest BCUT2D eigenvalue weighted by Crippen LogP contribution is -2.58. The summed E-state index contributed by atoms with van der Waals surface area (Å²) in [5.74, 6) is -8.45. The molecule has 0 aliphatic carbocycles. The summed E-state index contributed by atoms with van der Waals surface area (Å²) in [7, 11) is 0. The number of carbonyl (C=O) groups excluding carboxylic acids is 12. The predicted molar refractivity (Wildman–Crippen MR) is 360 cm³/mol. The minimum absolute atomic E-state index is 0.0988. The highest BCUT2D eigenvalue weighted by molar-refractivity contribution is 6.41. The first-order valence-electron chi connectivity index (χ1n) is 32.9. The fraction of sp³-hybridized carbons (Fsp3) is 0.568. The highest BCUT2D eigenvalue weighted by Crippen LogP contribution is 2.47. The molecule has 22 nitrogen and oxygen atoms in total. The zero-order valence-electron chi connectivity index (χ0n) is 59.5. The van der Waals surface area contributed by atoms with Crippen LogP contribution in [0.25, 0.3) is 43.1 Å². The van der Waals surface area contributed by atoms with Crippen LogP contribution < -0.4 is 10.6 Å². The van der Waals surface area contributed by atoms with Gasteiger partial charge in [-0.25, -0.2) is 0 Å². The fourth-order valence-corrected chi connectivity index (χ4v) is 12.5. The first kappa shape index (κ1) is 74.8. The largest absolute Gasteiger partial charge is 0.460 e. The van der Waals surface area contributed by atoms with Crippen LogP contribution in [0.3, 0.4) is 0 Å². The number of rotatable bonds is 24. The Morgan fingerprint density at radius 2 is 0.490 bits per heavy atom. The lowest BCUT2D eigenvalue weighted by atomic mass is 9.81. The molecule has 7 rings (SSSR count). The van der Waals surface area contributed by atoms with E-state index in [0.717, 1.165) is 9.80 Å². The number of ether oxygens (including phenoxy) is 6. The average Bonchev–Trinajstić information content (AvgIpc) is 0.692. The molecular weight excluding hydrogens is 1230 g/mol. The van der Waals surface area contributed by atoms with Crippen LogP contribution in [0.5, 0.6) is 0 Å². The van der Waals surface area contributed by atoms with Gasteiger partial charge in [-0.3, -0.25) is 67.3 Å². The van der Waals surface area contributed by atoms with Crippen LogP contribution in [0.1, 0.15) is 257 Å². The Hall–Kier alpha value is -8.56. The van der Waals surface area contributed by atoms with Crippen molar-refractivity contribution in [1.82, 2.24) is 20.4 Å². The Balaban J connectivity index is 1.23. The number of imide groups is 2. The van der Waals surface area contributed by atoms with Gasteiger partial charge in [0.25, 0.3) is 23.6 Å². The number of hydrogen-bond donors (Lipinski definition) is 2. The molecule has 2 aliphatic rings.